The van der Waals surface area contributed by atoms with Gasteiger partial charge in [-0.15, -0.1) is 0 Å². The molecule has 144 valence electrons. The maximum absolute atomic E-state index is 12.8. The van der Waals surface area contributed by atoms with E-state index in [9.17, 15) is 23.3 Å². The molecule has 0 spiro atoms. The van der Waals surface area contributed by atoms with Crippen LogP contribution >= 0.6 is 0 Å². The Bertz CT molecular complexity index is 1200. The van der Waals surface area contributed by atoms with Crippen molar-refractivity contribution in [2.45, 2.75) is 6.18 Å². The van der Waals surface area contributed by atoms with Gasteiger partial charge in [0.25, 0.3) is 5.69 Å². The highest BCUT2D eigenvalue weighted by atomic mass is 19.4. The van der Waals surface area contributed by atoms with Gasteiger partial charge in [0, 0.05) is 23.1 Å². The Balaban J connectivity index is 1.92. The van der Waals surface area contributed by atoms with E-state index < -0.39 is 16.7 Å². The summed E-state index contributed by atoms with van der Waals surface area (Å²) in [5.41, 5.74) is 2.28. The number of fused-ring (bicyclic) bond motifs is 1. The number of nitro benzene ring substituents is 1. The first-order chi connectivity index (χ1) is 13.8. The van der Waals surface area contributed by atoms with Crippen molar-refractivity contribution < 1.29 is 18.1 Å². The molecule has 0 saturated heterocycles. The lowest BCUT2D eigenvalue weighted by Gasteiger charge is -2.11. The van der Waals surface area contributed by atoms with E-state index in [-0.39, 0.29) is 5.69 Å². The predicted octanol–water partition coefficient (Wildman–Crippen LogP) is 6.50. The molecule has 1 aromatic heterocycles. The molecule has 0 aliphatic heterocycles. The van der Waals surface area contributed by atoms with Crippen molar-refractivity contribution in [1.29, 1.82) is 0 Å². The molecule has 0 fully saturated rings. The molecule has 0 bridgehead atoms. The number of hydrogen-bond donors (Lipinski definition) is 0. The highest BCUT2D eigenvalue weighted by Crippen LogP contribution is 2.35. The minimum Gasteiger partial charge on any atom is -0.258 e. The van der Waals surface area contributed by atoms with Gasteiger partial charge in [0.2, 0.25) is 0 Å². The first kappa shape index (κ1) is 18.6. The maximum Gasteiger partial charge on any atom is 0.416 e. The van der Waals surface area contributed by atoms with Gasteiger partial charge in [-0.1, -0.05) is 42.5 Å². The van der Waals surface area contributed by atoms with E-state index in [1.807, 2.05) is 30.3 Å². The number of non-ortho nitro benzene ring substituents is 1. The average molecular weight is 394 g/mol. The number of benzene rings is 3. The van der Waals surface area contributed by atoms with E-state index in [2.05, 4.69) is 4.98 Å². The van der Waals surface area contributed by atoms with Crippen LogP contribution < -0.4 is 0 Å². The Morgan fingerprint density at radius 1 is 0.828 bits per heavy atom. The van der Waals surface area contributed by atoms with E-state index in [1.54, 1.807) is 12.1 Å². The first-order valence-electron chi connectivity index (χ1n) is 8.65. The summed E-state index contributed by atoms with van der Waals surface area (Å²) < 4.78 is 38.5. The fraction of sp³-hybridized carbons (Fsp3) is 0.0455. The Labute approximate surface area is 163 Å². The number of nitro groups is 1. The maximum atomic E-state index is 12.8. The van der Waals surface area contributed by atoms with Gasteiger partial charge in [-0.05, 0) is 35.4 Å². The summed E-state index contributed by atoms with van der Waals surface area (Å²) in [6, 6.07) is 20.2. The molecular weight excluding hydrogens is 381 g/mol. The molecule has 0 unspecified atom stereocenters. The number of nitrogens with zero attached hydrogens (tertiary/aromatic N) is 2. The predicted molar refractivity (Wildman–Crippen MR) is 104 cm³/mol. The number of alkyl halides is 3. The minimum atomic E-state index is -4.41. The smallest absolute Gasteiger partial charge is 0.258 e. The fourth-order valence-corrected chi connectivity index (χ4v) is 3.16. The second-order valence-electron chi connectivity index (χ2n) is 6.45. The molecule has 1 heterocycles. The summed E-state index contributed by atoms with van der Waals surface area (Å²) in [7, 11) is 0. The second kappa shape index (κ2) is 7.01. The van der Waals surface area contributed by atoms with Crippen molar-refractivity contribution in [2.75, 3.05) is 0 Å². The van der Waals surface area contributed by atoms with Gasteiger partial charge in [0.1, 0.15) is 0 Å². The van der Waals surface area contributed by atoms with Crippen LogP contribution in [0.4, 0.5) is 18.9 Å². The van der Waals surface area contributed by atoms with Crippen LogP contribution in [0.1, 0.15) is 5.56 Å². The van der Waals surface area contributed by atoms with E-state index in [1.165, 1.54) is 24.3 Å². The SMILES string of the molecule is O=[N+]([O-])c1ccc2nc(-c3ccc(C(F)(F)F)cc3)cc(-c3ccccc3)c2c1. The largest absolute Gasteiger partial charge is 0.416 e. The third-order valence-electron chi connectivity index (χ3n) is 4.60. The molecule has 0 amide bonds. The highest BCUT2D eigenvalue weighted by Gasteiger charge is 2.30. The topological polar surface area (TPSA) is 56.0 Å². The molecule has 0 aliphatic carbocycles. The van der Waals surface area contributed by atoms with Gasteiger partial charge in [0.15, 0.2) is 0 Å². The van der Waals surface area contributed by atoms with Crippen molar-refractivity contribution in [3.63, 3.8) is 0 Å². The van der Waals surface area contributed by atoms with E-state index >= 15 is 0 Å². The van der Waals surface area contributed by atoms with Gasteiger partial charge in [-0.2, -0.15) is 13.2 Å². The average Bonchev–Trinajstić information content (AvgIpc) is 2.72. The molecule has 0 radical (unpaired) electrons. The Morgan fingerprint density at radius 3 is 2.14 bits per heavy atom. The number of hydrogen-bond acceptors (Lipinski definition) is 3. The zero-order valence-electron chi connectivity index (χ0n) is 14.9. The Kier molecular flexibility index (Phi) is 4.50. The molecule has 4 aromatic rings. The first-order valence-corrected chi connectivity index (χ1v) is 8.65. The summed E-state index contributed by atoms with van der Waals surface area (Å²) in [6.07, 6.45) is -4.41. The van der Waals surface area contributed by atoms with E-state index in [4.69, 9.17) is 0 Å². The van der Waals surface area contributed by atoms with Gasteiger partial charge in [-0.3, -0.25) is 10.1 Å². The minimum absolute atomic E-state index is 0.0567. The fourth-order valence-electron chi connectivity index (χ4n) is 3.16. The van der Waals surface area contributed by atoms with Crippen molar-refractivity contribution >= 4 is 16.6 Å². The molecular formula is C22H13F3N2O2. The van der Waals surface area contributed by atoms with Crippen LogP contribution in [0, 0.1) is 10.1 Å². The van der Waals surface area contributed by atoms with Gasteiger partial charge in [-0.25, -0.2) is 4.98 Å². The molecule has 3 aromatic carbocycles. The van der Waals surface area contributed by atoms with Crippen LogP contribution in [-0.4, -0.2) is 9.91 Å². The van der Waals surface area contributed by atoms with Gasteiger partial charge >= 0.3 is 6.18 Å². The van der Waals surface area contributed by atoms with Crippen LogP contribution in [0.3, 0.4) is 0 Å². The van der Waals surface area contributed by atoms with E-state index in [0.717, 1.165) is 17.7 Å². The van der Waals surface area contributed by atoms with Gasteiger partial charge < -0.3 is 0 Å². The molecule has 4 nitrogen and oxygen atoms in total. The standard InChI is InChI=1S/C22H13F3N2O2/c23-22(24,25)16-8-6-15(7-9-16)21-13-18(14-4-2-1-3-5-14)19-12-17(27(28)29)10-11-20(19)26-21/h1-13H. The normalized spacial score (nSPS) is 11.6. The zero-order valence-corrected chi connectivity index (χ0v) is 14.9. The van der Waals surface area contributed by atoms with Crippen molar-refractivity contribution in [3.05, 3.63) is 94.5 Å². The summed E-state index contributed by atoms with van der Waals surface area (Å²) in [4.78, 5) is 15.2. The lowest BCUT2D eigenvalue weighted by atomic mass is 9.97. The lowest BCUT2D eigenvalue weighted by molar-refractivity contribution is -0.384. The third kappa shape index (κ3) is 3.67. The molecule has 0 N–H and O–H groups in total. The molecule has 0 aliphatic rings. The van der Waals surface area contributed by atoms with Gasteiger partial charge in [0.05, 0.1) is 21.7 Å². The highest BCUT2D eigenvalue weighted by molar-refractivity contribution is 5.97. The Hall–Kier alpha value is -3.74. The molecule has 4 rings (SSSR count). The van der Waals surface area contributed by atoms with Crippen molar-refractivity contribution in [3.8, 4) is 22.4 Å². The molecule has 7 heteroatoms. The quantitative estimate of drug-likeness (QED) is 0.295. The monoisotopic (exact) mass is 394 g/mol. The van der Waals surface area contributed by atoms with Crippen LogP contribution in [0.2, 0.25) is 0 Å². The number of halogens is 3. The molecule has 0 saturated carbocycles. The van der Waals surface area contributed by atoms with Crippen molar-refractivity contribution in [1.82, 2.24) is 4.98 Å². The second-order valence-corrected chi connectivity index (χ2v) is 6.45. The van der Waals surface area contributed by atoms with Crippen molar-refractivity contribution in [2.24, 2.45) is 0 Å². The van der Waals surface area contributed by atoms with Crippen LogP contribution in [0.25, 0.3) is 33.3 Å². The van der Waals surface area contributed by atoms with Crippen LogP contribution in [0.5, 0.6) is 0 Å². The number of rotatable bonds is 3. The zero-order chi connectivity index (χ0) is 20.6. The lowest BCUT2D eigenvalue weighted by Crippen LogP contribution is -2.04. The summed E-state index contributed by atoms with van der Waals surface area (Å²) >= 11 is 0. The Morgan fingerprint density at radius 2 is 1.52 bits per heavy atom. The molecule has 29 heavy (non-hydrogen) atoms. The summed E-state index contributed by atoms with van der Waals surface area (Å²) in [5.74, 6) is 0. The van der Waals surface area contributed by atoms with Crippen LogP contribution in [0.15, 0.2) is 78.9 Å². The number of aromatic nitrogens is 1. The summed E-state index contributed by atoms with van der Waals surface area (Å²) in [5, 5.41) is 11.8. The van der Waals surface area contributed by atoms with Crippen LogP contribution in [-0.2, 0) is 6.18 Å². The number of pyridine rings is 1. The third-order valence-corrected chi connectivity index (χ3v) is 4.60. The molecule has 0 atom stereocenters. The van der Waals surface area contributed by atoms with E-state index in [0.29, 0.717) is 27.7 Å². The summed E-state index contributed by atoms with van der Waals surface area (Å²) in [6.45, 7) is 0.